The van der Waals surface area contributed by atoms with Crippen molar-refractivity contribution < 1.29 is 24.1 Å². The fraction of sp³-hybridized carbons (Fsp3) is 0.261. The smallest absolute Gasteiger partial charge is 0.338 e. The van der Waals surface area contributed by atoms with Crippen LogP contribution >= 0.6 is 0 Å². The second kappa shape index (κ2) is 9.32. The van der Waals surface area contributed by atoms with E-state index < -0.39 is 12.6 Å². The summed E-state index contributed by atoms with van der Waals surface area (Å²) in [6, 6.07) is 15.7. The van der Waals surface area contributed by atoms with Crippen molar-refractivity contribution in [3.8, 4) is 11.8 Å². The Balaban J connectivity index is 1.37. The molecule has 0 aliphatic carbocycles. The van der Waals surface area contributed by atoms with E-state index >= 15 is 0 Å². The number of nitriles is 1. The number of allylic oxidation sites excluding steroid dienone is 1. The maximum atomic E-state index is 12.3. The highest BCUT2D eigenvalue weighted by atomic mass is 16.5. The number of aliphatic hydroxyl groups is 1. The molecule has 8 heteroatoms. The summed E-state index contributed by atoms with van der Waals surface area (Å²) in [4.78, 5) is 19.5. The zero-order chi connectivity index (χ0) is 21.6. The SMILES string of the molecule is N#C/C(=C(/O)COC(=O)c1ccc(OC[C@@H]2CCCO2)cc1)c1nc2ccccc2[nH]1. The predicted octanol–water partition coefficient (Wildman–Crippen LogP) is 3.77. The first-order valence-corrected chi connectivity index (χ1v) is 9.93. The van der Waals surface area contributed by atoms with E-state index in [1.807, 2.05) is 24.3 Å². The Kier molecular flexibility index (Phi) is 6.15. The van der Waals surface area contributed by atoms with E-state index in [0.29, 0.717) is 23.4 Å². The predicted molar refractivity (Wildman–Crippen MR) is 112 cm³/mol. The Hall–Kier alpha value is -3.83. The summed E-state index contributed by atoms with van der Waals surface area (Å²) in [5.41, 5.74) is 1.62. The van der Waals surface area contributed by atoms with Gasteiger partial charge in [-0.25, -0.2) is 9.78 Å². The third-order valence-electron chi connectivity index (χ3n) is 4.92. The summed E-state index contributed by atoms with van der Waals surface area (Å²) < 4.78 is 16.3. The molecule has 3 aromatic rings. The van der Waals surface area contributed by atoms with Gasteiger partial charge in [0.15, 0.2) is 11.6 Å². The number of imidazole rings is 1. The highest BCUT2D eigenvalue weighted by Crippen LogP contribution is 2.20. The molecule has 2 N–H and O–H groups in total. The van der Waals surface area contributed by atoms with E-state index in [1.165, 1.54) is 0 Å². The van der Waals surface area contributed by atoms with Gasteiger partial charge in [0.2, 0.25) is 0 Å². The largest absolute Gasteiger partial charge is 0.507 e. The van der Waals surface area contributed by atoms with Crippen molar-refractivity contribution >= 4 is 22.6 Å². The van der Waals surface area contributed by atoms with Gasteiger partial charge < -0.3 is 24.3 Å². The topological polar surface area (TPSA) is 117 Å². The third-order valence-corrected chi connectivity index (χ3v) is 4.92. The zero-order valence-corrected chi connectivity index (χ0v) is 16.7. The number of nitrogens with one attached hydrogen (secondary N) is 1. The average molecular weight is 419 g/mol. The van der Waals surface area contributed by atoms with E-state index in [1.54, 1.807) is 30.3 Å². The first kappa shape index (κ1) is 20.4. The van der Waals surface area contributed by atoms with Crippen molar-refractivity contribution in [1.29, 1.82) is 5.26 Å². The van der Waals surface area contributed by atoms with E-state index in [9.17, 15) is 15.2 Å². The van der Waals surface area contributed by atoms with Crippen LogP contribution in [0.2, 0.25) is 0 Å². The maximum Gasteiger partial charge on any atom is 0.338 e. The number of benzene rings is 2. The maximum absolute atomic E-state index is 12.3. The number of H-pyrrole nitrogens is 1. The number of hydrogen-bond acceptors (Lipinski definition) is 7. The fourth-order valence-electron chi connectivity index (χ4n) is 3.27. The van der Waals surface area contributed by atoms with Gasteiger partial charge >= 0.3 is 5.97 Å². The number of aromatic amines is 1. The molecule has 1 atom stereocenters. The standard InChI is InChI=1S/C23H21N3O5/c24-12-18(22-25-19-5-1-2-6-20(19)26-22)21(27)14-31-23(28)15-7-9-16(10-8-15)30-13-17-4-3-11-29-17/h1-2,5-10,17,27H,3-4,11,13-14H2,(H,25,26)/b21-18-/t17-/m0/s1. The monoisotopic (exact) mass is 419 g/mol. The number of fused-ring (bicyclic) bond motifs is 1. The lowest BCUT2D eigenvalue weighted by Gasteiger charge is -2.11. The van der Waals surface area contributed by atoms with Crippen LogP contribution < -0.4 is 4.74 Å². The number of ether oxygens (including phenoxy) is 3. The lowest BCUT2D eigenvalue weighted by molar-refractivity contribution is 0.0502. The van der Waals surface area contributed by atoms with Crippen molar-refractivity contribution in [3.63, 3.8) is 0 Å². The number of aliphatic hydroxyl groups excluding tert-OH is 1. The number of carbonyl (C=O) groups is 1. The zero-order valence-electron chi connectivity index (χ0n) is 16.7. The van der Waals surface area contributed by atoms with Gasteiger partial charge in [-0.3, -0.25) is 0 Å². The Morgan fingerprint density at radius 3 is 2.77 bits per heavy atom. The minimum atomic E-state index is -0.626. The van der Waals surface area contributed by atoms with Crippen molar-refractivity contribution in [1.82, 2.24) is 9.97 Å². The summed E-state index contributed by atoms with van der Waals surface area (Å²) in [5, 5.41) is 19.7. The Morgan fingerprint density at radius 2 is 2.06 bits per heavy atom. The number of esters is 1. The molecule has 1 saturated heterocycles. The van der Waals surface area contributed by atoms with Gasteiger partial charge in [-0.15, -0.1) is 0 Å². The molecule has 2 heterocycles. The molecular weight excluding hydrogens is 398 g/mol. The third kappa shape index (κ3) is 4.85. The van der Waals surface area contributed by atoms with E-state index in [4.69, 9.17) is 14.2 Å². The molecular formula is C23H21N3O5. The molecule has 0 amide bonds. The number of hydrogen-bond donors (Lipinski definition) is 2. The normalized spacial score (nSPS) is 16.5. The van der Waals surface area contributed by atoms with Crippen LogP contribution in [-0.4, -0.2) is 47.0 Å². The van der Waals surface area contributed by atoms with Crippen LogP contribution in [0.1, 0.15) is 29.0 Å². The number of nitrogens with zero attached hydrogens (tertiary/aromatic N) is 2. The molecule has 1 aliphatic heterocycles. The van der Waals surface area contributed by atoms with Crippen molar-refractivity contribution in [3.05, 3.63) is 65.7 Å². The average Bonchev–Trinajstić information content (AvgIpc) is 3.46. The van der Waals surface area contributed by atoms with Gasteiger partial charge in [0.1, 0.15) is 30.6 Å². The van der Waals surface area contributed by atoms with E-state index in [2.05, 4.69) is 9.97 Å². The molecule has 0 spiro atoms. The number of carbonyl (C=O) groups excluding carboxylic acids is 1. The fourth-order valence-corrected chi connectivity index (χ4v) is 3.27. The Bertz CT molecular complexity index is 1100. The van der Waals surface area contributed by atoms with Crippen LogP contribution in [0.3, 0.4) is 0 Å². The van der Waals surface area contributed by atoms with Gasteiger partial charge in [-0.05, 0) is 49.2 Å². The minimum absolute atomic E-state index is 0.0816. The number of rotatable bonds is 7. The van der Waals surface area contributed by atoms with Gasteiger partial charge in [0, 0.05) is 6.61 Å². The molecule has 1 aliphatic rings. The minimum Gasteiger partial charge on any atom is -0.507 e. The highest BCUT2D eigenvalue weighted by molar-refractivity contribution is 5.90. The molecule has 1 fully saturated rings. The first-order valence-electron chi connectivity index (χ1n) is 9.93. The van der Waals surface area contributed by atoms with Crippen LogP contribution in [0.15, 0.2) is 54.3 Å². The summed E-state index contributed by atoms with van der Waals surface area (Å²) >= 11 is 0. The lowest BCUT2D eigenvalue weighted by Crippen LogP contribution is -2.16. The number of aromatic nitrogens is 2. The molecule has 8 nitrogen and oxygen atoms in total. The lowest BCUT2D eigenvalue weighted by atomic mass is 10.2. The van der Waals surface area contributed by atoms with E-state index in [0.717, 1.165) is 25.0 Å². The second-order valence-corrected chi connectivity index (χ2v) is 7.08. The van der Waals surface area contributed by atoms with Crippen LogP contribution in [-0.2, 0) is 9.47 Å². The van der Waals surface area contributed by atoms with E-state index in [-0.39, 0.29) is 23.3 Å². The highest BCUT2D eigenvalue weighted by Gasteiger charge is 2.17. The van der Waals surface area contributed by atoms with Gasteiger partial charge in [-0.2, -0.15) is 5.26 Å². The first-order chi connectivity index (χ1) is 15.1. The Morgan fingerprint density at radius 1 is 1.26 bits per heavy atom. The van der Waals surface area contributed by atoms with Crippen LogP contribution in [0.5, 0.6) is 5.75 Å². The van der Waals surface area contributed by atoms with Gasteiger partial charge in [0.05, 0.1) is 22.7 Å². The van der Waals surface area contributed by atoms with Gasteiger partial charge in [0.25, 0.3) is 0 Å². The van der Waals surface area contributed by atoms with Crippen LogP contribution in [0.25, 0.3) is 16.6 Å². The second-order valence-electron chi connectivity index (χ2n) is 7.08. The van der Waals surface area contributed by atoms with Crippen LogP contribution in [0.4, 0.5) is 0 Å². The molecule has 2 aromatic carbocycles. The summed E-state index contributed by atoms with van der Waals surface area (Å²) in [6.07, 6.45) is 2.14. The van der Waals surface area contributed by atoms with Crippen molar-refractivity contribution in [2.45, 2.75) is 18.9 Å². The molecule has 1 aromatic heterocycles. The van der Waals surface area contributed by atoms with Crippen molar-refractivity contribution in [2.24, 2.45) is 0 Å². The molecule has 158 valence electrons. The Labute approximate surface area is 178 Å². The molecule has 0 bridgehead atoms. The van der Waals surface area contributed by atoms with Crippen molar-refractivity contribution in [2.75, 3.05) is 19.8 Å². The molecule has 0 radical (unpaired) electrons. The molecule has 4 rings (SSSR count). The quantitative estimate of drug-likeness (QED) is 0.340. The molecule has 0 saturated carbocycles. The summed E-state index contributed by atoms with van der Waals surface area (Å²) in [5.74, 6) is -0.165. The molecule has 31 heavy (non-hydrogen) atoms. The van der Waals surface area contributed by atoms with Gasteiger partial charge in [-0.1, -0.05) is 12.1 Å². The summed E-state index contributed by atoms with van der Waals surface area (Å²) in [7, 11) is 0. The molecule has 0 unspecified atom stereocenters. The summed E-state index contributed by atoms with van der Waals surface area (Å²) in [6.45, 7) is 0.793. The number of para-hydroxylation sites is 2. The van der Waals surface area contributed by atoms with Crippen LogP contribution in [0, 0.1) is 11.3 Å².